The molecule has 4 N–H and O–H groups in total. The third-order valence-electron chi connectivity index (χ3n) is 2.86. The molecule has 2 amide bonds. The molecular weight excluding hydrogens is 276 g/mol. The number of nitrogens with one attached hydrogen (secondary N) is 3. The van der Waals surface area contributed by atoms with Crippen molar-refractivity contribution in [2.45, 2.75) is 25.9 Å². The quantitative estimate of drug-likeness (QED) is 0.645. The van der Waals surface area contributed by atoms with Gasteiger partial charge in [0.2, 0.25) is 5.76 Å². The minimum atomic E-state index is -1.14. The molecule has 0 bridgehead atoms. The van der Waals surface area contributed by atoms with E-state index in [1.807, 2.05) is 6.92 Å². The number of urea groups is 1. The average molecular weight is 292 g/mol. The Morgan fingerprint density at radius 3 is 2.86 bits per heavy atom. The van der Waals surface area contributed by atoms with Crippen LogP contribution < -0.4 is 10.6 Å². The fourth-order valence-corrected chi connectivity index (χ4v) is 1.80. The van der Waals surface area contributed by atoms with Gasteiger partial charge in [-0.05, 0) is 18.6 Å². The van der Waals surface area contributed by atoms with E-state index >= 15 is 0 Å². The number of carboxylic acids is 1. The van der Waals surface area contributed by atoms with Gasteiger partial charge in [0.1, 0.15) is 11.6 Å². The maximum Gasteiger partial charge on any atom is 0.371 e. The van der Waals surface area contributed by atoms with E-state index in [1.165, 1.54) is 12.1 Å². The molecule has 1 atom stereocenters. The van der Waals surface area contributed by atoms with Crippen LogP contribution in [0.5, 0.6) is 0 Å². The van der Waals surface area contributed by atoms with Crippen LogP contribution in [-0.2, 0) is 6.54 Å². The minimum absolute atomic E-state index is 0.105. The van der Waals surface area contributed by atoms with Crippen molar-refractivity contribution in [3.8, 4) is 0 Å². The van der Waals surface area contributed by atoms with Gasteiger partial charge in [0.05, 0.1) is 12.6 Å². The minimum Gasteiger partial charge on any atom is -0.475 e. The van der Waals surface area contributed by atoms with Crippen LogP contribution in [0.3, 0.4) is 0 Å². The van der Waals surface area contributed by atoms with Gasteiger partial charge in [-0.15, -0.1) is 0 Å². The number of imidazole rings is 1. The normalized spacial score (nSPS) is 11.9. The highest BCUT2D eigenvalue weighted by Gasteiger charge is 2.15. The molecule has 1 unspecified atom stereocenters. The second-order valence-electron chi connectivity index (χ2n) is 4.33. The van der Waals surface area contributed by atoms with Crippen molar-refractivity contribution >= 4 is 12.0 Å². The number of H-pyrrole nitrogens is 1. The fraction of sp³-hybridized carbons (Fsp3) is 0.308. The molecule has 0 spiro atoms. The number of carboxylic acid groups (broad SMARTS) is 1. The summed E-state index contributed by atoms with van der Waals surface area (Å²) in [5.74, 6) is -0.254. The Hall–Kier alpha value is -2.77. The molecule has 0 aliphatic heterocycles. The van der Waals surface area contributed by atoms with E-state index in [2.05, 4.69) is 20.6 Å². The summed E-state index contributed by atoms with van der Waals surface area (Å²) < 4.78 is 5.04. The van der Waals surface area contributed by atoms with Crippen LogP contribution in [0.4, 0.5) is 4.79 Å². The Kier molecular flexibility index (Phi) is 4.60. The van der Waals surface area contributed by atoms with Gasteiger partial charge >= 0.3 is 12.0 Å². The van der Waals surface area contributed by atoms with Gasteiger partial charge in [0.15, 0.2) is 0 Å². The lowest BCUT2D eigenvalue weighted by atomic mass is 10.2. The van der Waals surface area contributed by atoms with Crippen LogP contribution >= 0.6 is 0 Å². The average Bonchev–Trinajstić information content (AvgIpc) is 3.13. The first kappa shape index (κ1) is 14.6. The second kappa shape index (κ2) is 6.60. The van der Waals surface area contributed by atoms with Crippen molar-refractivity contribution in [3.05, 3.63) is 41.9 Å². The Morgan fingerprint density at radius 1 is 1.48 bits per heavy atom. The van der Waals surface area contributed by atoms with Crippen molar-refractivity contribution in [1.82, 2.24) is 20.6 Å². The molecule has 0 fully saturated rings. The zero-order chi connectivity index (χ0) is 15.2. The van der Waals surface area contributed by atoms with E-state index in [4.69, 9.17) is 9.52 Å². The molecule has 0 radical (unpaired) electrons. The highest BCUT2D eigenvalue weighted by Crippen LogP contribution is 2.11. The lowest BCUT2D eigenvalue weighted by molar-refractivity contribution is 0.0660. The molecule has 2 heterocycles. The monoisotopic (exact) mass is 292 g/mol. The van der Waals surface area contributed by atoms with Crippen molar-refractivity contribution in [1.29, 1.82) is 0 Å². The summed E-state index contributed by atoms with van der Waals surface area (Å²) in [6.07, 6.45) is 3.99. The van der Waals surface area contributed by atoms with Crippen molar-refractivity contribution in [3.63, 3.8) is 0 Å². The van der Waals surface area contributed by atoms with Gasteiger partial charge in [-0.3, -0.25) is 0 Å². The third-order valence-corrected chi connectivity index (χ3v) is 2.86. The van der Waals surface area contributed by atoms with Gasteiger partial charge in [0.25, 0.3) is 0 Å². The number of hydrogen-bond acceptors (Lipinski definition) is 4. The lowest BCUT2D eigenvalue weighted by Gasteiger charge is -2.14. The van der Waals surface area contributed by atoms with Gasteiger partial charge in [-0.2, -0.15) is 0 Å². The number of aromatic nitrogens is 2. The Morgan fingerprint density at radius 2 is 2.29 bits per heavy atom. The summed E-state index contributed by atoms with van der Waals surface area (Å²) in [7, 11) is 0. The number of hydrogen-bond donors (Lipinski definition) is 4. The number of aromatic carboxylic acids is 1. The molecule has 2 rings (SSSR count). The molecule has 2 aromatic rings. The predicted octanol–water partition coefficient (Wildman–Crippen LogP) is 1.65. The van der Waals surface area contributed by atoms with Crippen LogP contribution in [0.2, 0.25) is 0 Å². The number of amides is 2. The number of aromatic amines is 1. The summed E-state index contributed by atoms with van der Waals surface area (Å²) >= 11 is 0. The van der Waals surface area contributed by atoms with Crippen LogP contribution in [0.25, 0.3) is 0 Å². The summed E-state index contributed by atoms with van der Waals surface area (Å²) in [6.45, 7) is 2.03. The standard InChI is InChI=1S/C13H16N4O4/c1-2-9(11-14-5-6-15-11)17-13(20)16-7-8-3-4-10(21-8)12(18)19/h3-6,9H,2,7H2,1H3,(H,14,15)(H,18,19)(H2,16,17,20). The molecule has 0 saturated heterocycles. The second-order valence-corrected chi connectivity index (χ2v) is 4.33. The van der Waals surface area contributed by atoms with Crippen LogP contribution in [0, 0.1) is 0 Å². The Labute approximate surface area is 120 Å². The summed E-state index contributed by atoms with van der Waals surface area (Å²) in [5.41, 5.74) is 0. The first-order valence-electron chi connectivity index (χ1n) is 6.45. The van der Waals surface area contributed by atoms with E-state index in [1.54, 1.807) is 12.4 Å². The van der Waals surface area contributed by atoms with Gasteiger partial charge in [0, 0.05) is 12.4 Å². The van der Waals surface area contributed by atoms with E-state index in [9.17, 15) is 9.59 Å². The Balaban J connectivity index is 1.85. The molecule has 8 nitrogen and oxygen atoms in total. The van der Waals surface area contributed by atoms with E-state index in [0.29, 0.717) is 18.0 Å². The first-order valence-corrected chi connectivity index (χ1v) is 6.45. The smallest absolute Gasteiger partial charge is 0.371 e. The SMILES string of the molecule is CCC(NC(=O)NCc1ccc(C(=O)O)o1)c1ncc[nH]1. The molecule has 0 aliphatic rings. The molecule has 2 aromatic heterocycles. The number of furan rings is 1. The number of carbonyl (C=O) groups excluding carboxylic acids is 1. The maximum absolute atomic E-state index is 11.8. The van der Waals surface area contributed by atoms with Crippen molar-refractivity contribution < 1.29 is 19.1 Å². The van der Waals surface area contributed by atoms with Crippen molar-refractivity contribution in [2.24, 2.45) is 0 Å². The summed E-state index contributed by atoms with van der Waals surface area (Å²) in [6, 6.07) is 2.25. The molecular formula is C13H16N4O4. The van der Waals surface area contributed by atoms with Crippen LogP contribution in [0.1, 0.15) is 41.5 Å². The fourth-order valence-electron chi connectivity index (χ4n) is 1.80. The third kappa shape index (κ3) is 3.85. The zero-order valence-electron chi connectivity index (χ0n) is 11.4. The van der Waals surface area contributed by atoms with Gasteiger partial charge in [-0.1, -0.05) is 6.92 Å². The van der Waals surface area contributed by atoms with E-state index in [-0.39, 0.29) is 24.4 Å². The number of nitrogens with zero attached hydrogens (tertiary/aromatic N) is 1. The lowest BCUT2D eigenvalue weighted by Crippen LogP contribution is -2.37. The molecule has 112 valence electrons. The van der Waals surface area contributed by atoms with Gasteiger partial charge in [-0.25, -0.2) is 14.6 Å². The summed E-state index contributed by atoms with van der Waals surface area (Å²) in [4.78, 5) is 29.5. The first-order chi connectivity index (χ1) is 10.1. The number of carbonyl (C=O) groups is 2. The molecule has 0 saturated carbocycles. The predicted molar refractivity (Wildman–Crippen MR) is 72.7 cm³/mol. The molecule has 0 aromatic carbocycles. The van der Waals surface area contributed by atoms with E-state index < -0.39 is 5.97 Å². The molecule has 8 heteroatoms. The molecule has 0 aliphatic carbocycles. The maximum atomic E-state index is 11.8. The Bertz CT molecular complexity index is 605. The van der Waals surface area contributed by atoms with Gasteiger partial charge < -0.3 is 25.1 Å². The van der Waals surface area contributed by atoms with Crippen LogP contribution in [-0.4, -0.2) is 27.1 Å². The highest BCUT2D eigenvalue weighted by atomic mass is 16.4. The molecule has 21 heavy (non-hydrogen) atoms. The zero-order valence-corrected chi connectivity index (χ0v) is 11.4. The highest BCUT2D eigenvalue weighted by molar-refractivity contribution is 5.84. The van der Waals surface area contributed by atoms with Crippen LogP contribution in [0.15, 0.2) is 28.9 Å². The largest absolute Gasteiger partial charge is 0.475 e. The van der Waals surface area contributed by atoms with Crippen molar-refractivity contribution in [2.75, 3.05) is 0 Å². The topological polar surface area (TPSA) is 120 Å². The number of rotatable bonds is 6. The van der Waals surface area contributed by atoms with E-state index in [0.717, 1.165) is 0 Å². The summed E-state index contributed by atoms with van der Waals surface area (Å²) in [5, 5.41) is 14.1.